The molecule has 1 saturated heterocycles. The Labute approximate surface area is 86.9 Å². The Bertz CT molecular complexity index is 332. The quantitative estimate of drug-likeness (QED) is 0.767. The molecule has 1 aromatic rings. The van der Waals surface area contributed by atoms with Crippen LogP contribution in [0.25, 0.3) is 0 Å². The molecule has 1 fully saturated rings. The molecule has 0 amide bonds. The summed E-state index contributed by atoms with van der Waals surface area (Å²) >= 11 is 0. The molecule has 0 saturated carbocycles. The lowest BCUT2D eigenvalue weighted by atomic mass is 9.87. The molecule has 0 spiro atoms. The molecule has 1 N–H and O–H groups in total. The first-order valence-corrected chi connectivity index (χ1v) is 4.87. The Balaban J connectivity index is 1.76. The largest absolute Gasteiger partial charge is 0.481 e. The van der Waals surface area contributed by atoms with Crippen molar-refractivity contribution >= 4 is 5.97 Å². The fraction of sp³-hybridized carbons (Fsp3) is 0.667. The van der Waals surface area contributed by atoms with Gasteiger partial charge in [0.2, 0.25) is 6.39 Å². The third-order valence-corrected chi connectivity index (χ3v) is 2.85. The summed E-state index contributed by atoms with van der Waals surface area (Å²) in [6.07, 6.45) is 1.30. The van der Waals surface area contributed by atoms with E-state index >= 15 is 0 Å². The van der Waals surface area contributed by atoms with E-state index in [1.54, 1.807) is 6.92 Å². The van der Waals surface area contributed by atoms with Crippen molar-refractivity contribution in [1.82, 2.24) is 15.0 Å². The zero-order valence-corrected chi connectivity index (χ0v) is 8.46. The molecule has 1 aromatic heterocycles. The normalized spacial score (nSPS) is 19.8. The highest BCUT2D eigenvalue weighted by Gasteiger charge is 2.34. The Kier molecular flexibility index (Phi) is 2.68. The van der Waals surface area contributed by atoms with Gasteiger partial charge < -0.3 is 9.63 Å². The standard InChI is InChI=1S/C9H13N3O3/c1-6(9(13)14)7-2-12(3-7)4-8-10-5-15-11-8/h5-7H,2-4H2,1H3,(H,13,14). The summed E-state index contributed by atoms with van der Waals surface area (Å²) in [5, 5.41) is 12.5. The monoisotopic (exact) mass is 211 g/mol. The van der Waals surface area contributed by atoms with Crippen molar-refractivity contribution in [3.05, 3.63) is 12.2 Å². The maximum atomic E-state index is 10.7. The molecule has 15 heavy (non-hydrogen) atoms. The van der Waals surface area contributed by atoms with Crippen LogP contribution in [-0.2, 0) is 11.3 Å². The molecule has 6 heteroatoms. The van der Waals surface area contributed by atoms with Crippen LogP contribution in [0.15, 0.2) is 10.9 Å². The number of carboxylic acids is 1. The molecular formula is C9H13N3O3. The van der Waals surface area contributed by atoms with Gasteiger partial charge in [-0.25, -0.2) is 0 Å². The van der Waals surface area contributed by atoms with Gasteiger partial charge in [0.25, 0.3) is 0 Å². The van der Waals surface area contributed by atoms with Crippen LogP contribution in [0, 0.1) is 11.8 Å². The molecule has 0 aliphatic carbocycles. The zero-order valence-electron chi connectivity index (χ0n) is 8.46. The molecule has 0 bridgehead atoms. The number of carboxylic acid groups (broad SMARTS) is 1. The van der Waals surface area contributed by atoms with E-state index < -0.39 is 5.97 Å². The summed E-state index contributed by atoms with van der Waals surface area (Å²) in [7, 11) is 0. The Hall–Kier alpha value is -1.43. The van der Waals surface area contributed by atoms with Gasteiger partial charge in [-0.15, -0.1) is 0 Å². The van der Waals surface area contributed by atoms with E-state index in [1.807, 2.05) is 0 Å². The second kappa shape index (κ2) is 3.98. The fourth-order valence-corrected chi connectivity index (χ4v) is 1.72. The predicted molar refractivity (Wildman–Crippen MR) is 49.9 cm³/mol. The van der Waals surface area contributed by atoms with Gasteiger partial charge in [-0.2, -0.15) is 4.98 Å². The Morgan fingerprint density at radius 3 is 3.07 bits per heavy atom. The molecular weight excluding hydrogens is 198 g/mol. The van der Waals surface area contributed by atoms with Crippen molar-refractivity contribution in [1.29, 1.82) is 0 Å². The minimum Gasteiger partial charge on any atom is -0.481 e. The second-order valence-corrected chi connectivity index (χ2v) is 3.93. The number of likely N-dealkylation sites (tertiary alicyclic amines) is 1. The lowest BCUT2D eigenvalue weighted by molar-refractivity contribution is -0.145. The lowest BCUT2D eigenvalue weighted by Gasteiger charge is -2.40. The number of hydrogen-bond donors (Lipinski definition) is 1. The molecule has 2 heterocycles. The van der Waals surface area contributed by atoms with E-state index in [2.05, 4.69) is 19.6 Å². The molecule has 1 aliphatic rings. The molecule has 1 atom stereocenters. The van der Waals surface area contributed by atoms with Crippen LogP contribution in [0.3, 0.4) is 0 Å². The van der Waals surface area contributed by atoms with Crippen LogP contribution >= 0.6 is 0 Å². The summed E-state index contributed by atoms with van der Waals surface area (Å²) < 4.78 is 4.61. The van der Waals surface area contributed by atoms with E-state index in [4.69, 9.17) is 5.11 Å². The van der Waals surface area contributed by atoms with E-state index in [1.165, 1.54) is 6.39 Å². The van der Waals surface area contributed by atoms with E-state index in [-0.39, 0.29) is 11.8 Å². The van der Waals surface area contributed by atoms with Crippen molar-refractivity contribution in [3.63, 3.8) is 0 Å². The lowest BCUT2D eigenvalue weighted by Crippen LogP contribution is -2.50. The zero-order chi connectivity index (χ0) is 10.8. The highest BCUT2D eigenvalue weighted by Crippen LogP contribution is 2.24. The van der Waals surface area contributed by atoms with Crippen molar-refractivity contribution in [2.24, 2.45) is 11.8 Å². The average molecular weight is 211 g/mol. The third kappa shape index (κ3) is 2.15. The van der Waals surface area contributed by atoms with Gasteiger partial charge in [-0.3, -0.25) is 9.69 Å². The summed E-state index contributed by atoms with van der Waals surface area (Å²) in [6.45, 7) is 3.97. The average Bonchev–Trinajstić information content (AvgIpc) is 2.61. The molecule has 1 aliphatic heterocycles. The number of aliphatic carboxylic acids is 1. The first kappa shape index (κ1) is 10.1. The van der Waals surface area contributed by atoms with Gasteiger partial charge in [0.15, 0.2) is 5.82 Å². The summed E-state index contributed by atoms with van der Waals surface area (Å²) in [5.41, 5.74) is 0. The minimum atomic E-state index is -0.723. The van der Waals surface area contributed by atoms with Crippen LogP contribution in [-0.4, -0.2) is 39.2 Å². The van der Waals surface area contributed by atoms with Crippen molar-refractivity contribution in [2.75, 3.05) is 13.1 Å². The maximum absolute atomic E-state index is 10.7. The second-order valence-electron chi connectivity index (χ2n) is 3.93. The van der Waals surface area contributed by atoms with Crippen LogP contribution in [0.5, 0.6) is 0 Å². The van der Waals surface area contributed by atoms with Crippen LogP contribution < -0.4 is 0 Å². The maximum Gasteiger partial charge on any atom is 0.306 e. The van der Waals surface area contributed by atoms with Crippen molar-refractivity contribution < 1.29 is 14.4 Å². The number of aromatic nitrogens is 2. The highest BCUT2D eigenvalue weighted by atomic mass is 16.5. The number of carbonyl (C=O) groups is 1. The van der Waals surface area contributed by atoms with E-state index in [0.29, 0.717) is 12.4 Å². The first-order valence-electron chi connectivity index (χ1n) is 4.87. The number of nitrogens with zero attached hydrogens (tertiary/aromatic N) is 3. The first-order chi connectivity index (χ1) is 7.16. The van der Waals surface area contributed by atoms with E-state index in [9.17, 15) is 4.79 Å². The Morgan fingerprint density at radius 1 is 1.80 bits per heavy atom. The Morgan fingerprint density at radius 2 is 2.53 bits per heavy atom. The summed E-state index contributed by atoms with van der Waals surface area (Å²) in [5.74, 6) is -0.100. The smallest absolute Gasteiger partial charge is 0.306 e. The number of hydrogen-bond acceptors (Lipinski definition) is 5. The molecule has 0 radical (unpaired) electrons. The number of rotatable bonds is 4. The van der Waals surface area contributed by atoms with Gasteiger partial charge in [-0.05, 0) is 5.92 Å². The van der Waals surface area contributed by atoms with Crippen LogP contribution in [0.1, 0.15) is 12.7 Å². The summed E-state index contributed by atoms with van der Waals surface area (Å²) in [6, 6.07) is 0. The van der Waals surface area contributed by atoms with Gasteiger partial charge in [0, 0.05) is 13.1 Å². The topological polar surface area (TPSA) is 79.5 Å². The predicted octanol–water partition coefficient (Wildman–Crippen LogP) is 0.222. The molecule has 6 nitrogen and oxygen atoms in total. The molecule has 2 rings (SSSR count). The van der Waals surface area contributed by atoms with Gasteiger partial charge in [0.1, 0.15) is 0 Å². The SMILES string of the molecule is CC(C(=O)O)C1CN(Cc2ncon2)C1. The van der Waals surface area contributed by atoms with Gasteiger partial charge in [-0.1, -0.05) is 12.1 Å². The third-order valence-electron chi connectivity index (χ3n) is 2.85. The van der Waals surface area contributed by atoms with Crippen molar-refractivity contribution in [3.8, 4) is 0 Å². The minimum absolute atomic E-state index is 0.245. The fourth-order valence-electron chi connectivity index (χ4n) is 1.72. The molecule has 0 aromatic carbocycles. The van der Waals surface area contributed by atoms with Gasteiger partial charge >= 0.3 is 5.97 Å². The molecule has 82 valence electrons. The highest BCUT2D eigenvalue weighted by molar-refractivity contribution is 5.70. The summed E-state index contributed by atoms with van der Waals surface area (Å²) in [4.78, 5) is 16.7. The van der Waals surface area contributed by atoms with Crippen molar-refractivity contribution in [2.45, 2.75) is 13.5 Å². The van der Waals surface area contributed by atoms with Gasteiger partial charge in [0.05, 0.1) is 12.5 Å². The van der Waals surface area contributed by atoms with E-state index in [0.717, 1.165) is 13.1 Å². The molecule has 1 unspecified atom stereocenters. The van der Waals surface area contributed by atoms with Crippen LogP contribution in [0.2, 0.25) is 0 Å². The van der Waals surface area contributed by atoms with Crippen LogP contribution in [0.4, 0.5) is 0 Å².